The van der Waals surface area contributed by atoms with Gasteiger partial charge in [0, 0.05) is 50.8 Å². The van der Waals surface area contributed by atoms with E-state index in [4.69, 9.17) is 4.52 Å². The molecule has 0 N–H and O–H groups in total. The van der Waals surface area contributed by atoms with Gasteiger partial charge in [-0.15, -0.1) is 0 Å². The molecule has 0 amide bonds. The molecule has 1 fully saturated rings. The van der Waals surface area contributed by atoms with E-state index in [0.29, 0.717) is 23.0 Å². The van der Waals surface area contributed by atoms with E-state index in [1.54, 1.807) is 6.07 Å². The van der Waals surface area contributed by atoms with Gasteiger partial charge in [-0.3, -0.25) is 15.0 Å². The summed E-state index contributed by atoms with van der Waals surface area (Å²) < 4.78 is 5.29. The standard InChI is InChI=1S/C22H25N5O3/c1-2-6-21-23-22(30-24-21)18-9-10-19(20(15-18)27(28)29)26-13-11-25(12-14-26)16-17-7-4-3-5-8-17/h3-5,7-10,15H,2,6,11-14,16H2,1H3. The number of nitro groups is 1. The first kappa shape index (κ1) is 20.0. The van der Waals surface area contributed by atoms with Crippen LogP contribution in [0, 0.1) is 10.1 Å². The molecule has 8 nitrogen and oxygen atoms in total. The van der Waals surface area contributed by atoms with Crippen molar-refractivity contribution in [2.24, 2.45) is 0 Å². The first-order valence-electron chi connectivity index (χ1n) is 10.3. The van der Waals surface area contributed by atoms with Crippen molar-refractivity contribution >= 4 is 11.4 Å². The van der Waals surface area contributed by atoms with Crippen molar-refractivity contribution in [1.82, 2.24) is 15.0 Å². The van der Waals surface area contributed by atoms with Gasteiger partial charge in [0.2, 0.25) is 0 Å². The summed E-state index contributed by atoms with van der Waals surface area (Å²) in [5.74, 6) is 0.939. The van der Waals surface area contributed by atoms with Gasteiger partial charge in [-0.05, 0) is 24.1 Å². The van der Waals surface area contributed by atoms with E-state index in [9.17, 15) is 10.1 Å². The zero-order valence-corrected chi connectivity index (χ0v) is 17.0. The first-order chi connectivity index (χ1) is 14.6. The quantitative estimate of drug-likeness (QED) is 0.433. The van der Waals surface area contributed by atoms with Crippen LogP contribution in [0.25, 0.3) is 11.5 Å². The smallest absolute Gasteiger partial charge is 0.293 e. The molecule has 1 aliphatic heterocycles. The monoisotopic (exact) mass is 407 g/mol. The van der Waals surface area contributed by atoms with Gasteiger partial charge in [0.05, 0.1) is 4.92 Å². The lowest BCUT2D eigenvalue weighted by Gasteiger charge is -2.35. The van der Waals surface area contributed by atoms with Crippen LogP contribution >= 0.6 is 0 Å². The Balaban J connectivity index is 1.48. The van der Waals surface area contributed by atoms with E-state index in [-0.39, 0.29) is 10.6 Å². The van der Waals surface area contributed by atoms with Gasteiger partial charge < -0.3 is 9.42 Å². The topological polar surface area (TPSA) is 88.5 Å². The van der Waals surface area contributed by atoms with Crippen LogP contribution in [0.4, 0.5) is 11.4 Å². The number of hydrogen-bond acceptors (Lipinski definition) is 7. The summed E-state index contributed by atoms with van der Waals surface area (Å²) in [7, 11) is 0. The molecule has 8 heteroatoms. The zero-order chi connectivity index (χ0) is 20.9. The third-order valence-corrected chi connectivity index (χ3v) is 5.32. The molecule has 30 heavy (non-hydrogen) atoms. The lowest BCUT2D eigenvalue weighted by Crippen LogP contribution is -2.46. The number of nitrogens with zero attached hydrogens (tertiary/aromatic N) is 5. The van der Waals surface area contributed by atoms with Gasteiger partial charge in [-0.2, -0.15) is 4.98 Å². The third kappa shape index (κ3) is 4.49. The molecule has 0 saturated carbocycles. The summed E-state index contributed by atoms with van der Waals surface area (Å²) in [6, 6.07) is 15.5. The molecule has 1 aromatic heterocycles. The van der Waals surface area contributed by atoms with Crippen molar-refractivity contribution in [2.75, 3.05) is 31.1 Å². The van der Waals surface area contributed by atoms with Crippen LogP contribution in [0.5, 0.6) is 0 Å². The van der Waals surface area contributed by atoms with Gasteiger partial charge in [0.1, 0.15) is 5.69 Å². The molecule has 0 atom stereocenters. The molecular formula is C22H25N5O3. The highest BCUT2D eigenvalue weighted by atomic mass is 16.6. The normalized spacial score (nSPS) is 14.8. The Morgan fingerprint density at radius 3 is 2.57 bits per heavy atom. The molecule has 0 radical (unpaired) electrons. The van der Waals surface area contributed by atoms with E-state index < -0.39 is 0 Å². The van der Waals surface area contributed by atoms with Crippen LogP contribution in [0.2, 0.25) is 0 Å². The fraction of sp³-hybridized carbons (Fsp3) is 0.364. The number of rotatable bonds is 7. The molecule has 0 bridgehead atoms. The number of aromatic nitrogens is 2. The highest BCUT2D eigenvalue weighted by Gasteiger charge is 2.25. The molecule has 0 aliphatic carbocycles. The Bertz CT molecular complexity index is 997. The summed E-state index contributed by atoms with van der Waals surface area (Å²) in [6.07, 6.45) is 1.63. The predicted molar refractivity (Wildman–Crippen MR) is 114 cm³/mol. The van der Waals surface area contributed by atoms with Crippen LogP contribution in [0.15, 0.2) is 53.1 Å². The van der Waals surface area contributed by atoms with Crippen molar-refractivity contribution in [3.05, 3.63) is 70.0 Å². The molecule has 1 aliphatic rings. The van der Waals surface area contributed by atoms with Crippen LogP contribution in [0.3, 0.4) is 0 Å². The summed E-state index contributed by atoms with van der Waals surface area (Å²) in [5, 5.41) is 15.7. The fourth-order valence-electron chi connectivity index (χ4n) is 3.75. The van der Waals surface area contributed by atoms with Crippen LogP contribution in [0.1, 0.15) is 24.7 Å². The van der Waals surface area contributed by atoms with Gasteiger partial charge >= 0.3 is 0 Å². The molecule has 2 aromatic carbocycles. The predicted octanol–water partition coefficient (Wildman–Crippen LogP) is 3.92. The Hall–Kier alpha value is -3.26. The average molecular weight is 407 g/mol. The van der Waals surface area contributed by atoms with Crippen LogP contribution < -0.4 is 4.90 Å². The molecular weight excluding hydrogens is 382 g/mol. The van der Waals surface area contributed by atoms with E-state index in [1.807, 2.05) is 31.2 Å². The Kier molecular flexibility index (Phi) is 6.04. The maximum absolute atomic E-state index is 11.8. The van der Waals surface area contributed by atoms with Crippen molar-refractivity contribution in [3.8, 4) is 11.5 Å². The second-order valence-corrected chi connectivity index (χ2v) is 7.48. The minimum atomic E-state index is -0.335. The molecule has 2 heterocycles. The van der Waals surface area contributed by atoms with Crippen molar-refractivity contribution in [2.45, 2.75) is 26.3 Å². The van der Waals surface area contributed by atoms with Gasteiger partial charge in [-0.1, -0.05) is 42.4 Å². The number of anilines is 1. The average Bonchev–Trinajstić information content (AvgIpc) is 3.24. The molecule has 0 spiro atoms. The number of aryl methyl sites for hydroxylation is 1. The van der Waals surface area contributed by atoms with E-state index >= 15 is 0 Å². The van der Waals surface area contributed by atoms with E-state index in [0.717, 1.165) is 45.6 Å². The number of benzene rings is 2. The Morgan fingerprint density at radius 2 is 1.87 bits per heavy atom. The summed E-state index contributed by atoms with van der Waals surface area (Å²) in [4.78, 5) is 20.2. The van der Waals surface area contributed by atoms with Crippen LogP contribution in [-0.4, -0.2) is 46.1 Å². The minimum Gasteiger partial charge on any atom is -0.363 e. The van der Waals surface area contributed by atoms with E-state index in [2.05, 4.69) is 32.1 Å². The van der Waals surface area contributed by atoms with Crippen molar-refractivity contribution < 1.29 is 9.45 Å². The summed E-state index contributed by atoms with van der Waals surface area (Å²) in [5.41, 5.74) is 2.56. The summed E-state index contributed by atoms with van der Waals surface area (Å²) in [6.45, 7) is 6.14. The first-order valence-corrected chi connectivity index (χ1v) is 10.3. The molecule has 1 saturated heterocycles. The minimum absolute atomic E-state index is 0.0688. The number of nitro benzene ring substituents is 1. The molecule has 156 valence electrons. The van der Waals surface area contributed by atoms with Crippen LogP contribution in [-0.2, 0) is 13.0 Å². The fourth-order valence-corrected chi connectivity index (χ4v) is 3.75. The maximum Gasteiger partial charge on any atom is 0.293 e. The third-order valence-electron chi connectivity index (χ3n) is 5.32. The SMILES string of the molecule is CCCc1noc(-c2ccc(N3CCN(Cc4ccccc4)CC3)c([N+](=O)[O-])c2)n1. The molecule has 0 unspecified atom stereocenters. The van der Waals surface area contributed by atoms with E-state index in [1.165, 1.54) is 11.6 Å². The number of piperazine rings is 1. The molecule has 4 rings (SSSR count). The van der Waals surface area contributed by atoms with Gasteiger partial charge in [0.25, 0.3) is 11.6 Å². The lowest BCUT2D eigenvalue weighted by atomic mass is 10.1. The molecule has 3 aromatic rings. The Morgan fingerprint density at radius 1 is 1.10 bits per heavy atom. The lowest BCUT2D eigenvalue weighted by molar-refractivity contribution is -0.384. The zero-order valence-electron chi connectivity index (χ0n) is 17.0. The highest BCUT2D eigenvalue weighted by molar-refractivity contribution is 5.71. The summed E-state index contributed by atoms with van der Waals surface area (Å²) >= 11 is 0. The van der Waals surface area contributed by atoms with Gasteiger partial charge in [-0.25, -0.2) is 0 Å². The second kappa shape index (κ2) is 9.04. The second-order valence-electron chi connectivity index (χ2n) is 7.48. The maximum atomic E-state index is 11.8. The van der Waals surface area contributed by atoms with Crippen molar-refractivity contribution in [1.29, 1.82) is 0 Å². The number of hydrogen-bond donors (Lipinski definition) is 0. The highest BCUT2D eigenvalue weighted by Crippen LogP contribution is 2.33. The largest absolute Gasteiger partial charge is 0.363 e. The van der Waals surface area contributed by atoms with Crippen molar-refractivity contribution in [3.63, 3.8) is 0 Å². The Labute approximate surface area is 175 Å². The van der Waals surface area contributed by atoms with Gasteiger partial charge in [0.15, 0.2) is 5.82 Å².